The minimum absolute atomic E-state index is 0.153. The van der Waals surface area contributed by atoms with E-state index in [1.54, 1.807) is 13.1 Å². The van der Waals surface area contributed by atoms with Gasteiger partial charge in [0.05, 0.1) is 18.7 Å². The summed E-state index contributed by atoms with van der Waals surface area (Å²) in [7, 11) is 0. The van der Waals surface area contributed by atoms with Crippen LogP contribution >= 0.6 is 0 Å². The molecule has 5 heteroatoms. The number of rotatable bonds is 3. The molecule has 0 fully saturated rings. The highest BCUT2D eigenvalue weighted by Gasteiger charge is 2.30. The Morgan fingerprint density at radius 1 is 1.36 bits per heavy atom. The molecule has 1 aliphatic heterocycles. The molecule has 0 saturated heterocycles. The fraction of sp³-hybridized carbons (Fsp3) is 0.353. The Balaban J connectivity index is 2.04. The fourth-order valence-electron chi connectivity index (χ4n) is 2.60. The first-order valence-corrected chi connectivity index (χ1v) is 7.35. The molecule has 2 heterocycles. The van der Waals surface area contributed by atoms with Crippen LogP contribution in [0.1, 0.15) is 36.4 Å². The Morgan fingerprint density at radius 2 is 2.18 bits per heavy atom. The summed E-state index contributed by atoms with van der Waals surface area (Å²) in [6.07, 6.45) is 1.48. The van der Waals surface area contributed by atoms with Crippen LogP contribution in [-0.2, 0) is 9.53 Å². The molecule has 0 aliphatic carbocycles. The van der Waals surface area contributed by atoms with E-state index in [9.17, 15) is 4.79 Å². The van der Waals surface area contributed by atoms with Crippen LogP contribution < -0.4 is 4.74 Å². The standard InChI is InChI=1S/C17H18N2O3/c1-4-21-16(20)8-15-13-9-18-11(3)19-17(13)12-7-10(2)5-6-14(12)22-15/h5-7,9,15H,4,8H2,1-3H3. The number of nitrogens with zero attached hydrogens (tertiary/aromatic N) is 2. The van der Waals surface area contributed by atoms with Crippen molar-refractivity contribution in [1.29, 1.82) is 0 Å². The Bertz CT molecular complexity index is 728. The molecule has 3 rings (SSSR count). The van der Waals surface area contributed by atoms with Crippen molar-refractivity contribution in [2.75, 3.05) is 6.61 Å². The minimum Gasteiger partial charge on any atom is -0.484 e. The molecule has 0 radical (unpaired) electrons. The van der Waals surface area contributed by atoms with Crippen LogP contribution in [0.5, 0.6) is 5.75 Å². The van der Waals surface area contributed by atoms with E-state index in [4.69, 9.17) is 9.47 Å². The second kappa shape index (κ2) is 5.75. The van der Waals surface area contributed by atoms with Crippen molar-refractivity contribution in [1.82, 2.24) is 9.97 Å². The molecule has 0 N–H and O–H groups in total. The maximum Gasteiger partial charge on any atom is 0.309 e. The van der Waals surface area contributed by atoms with Gasteiger partial charge in [-0.15, -0.1) is 0 Å². The normalized spacial score (nSPS) is 15.5. The molecular formula is C17H18N2O3. The monoisotopic (exact) mass is 298 g/mol. The quantitative estimate of drug-likeness (QED) is 0.815. The first-order valence-electron chi connectivity index (χ1n) is 7.35. The maximum absolute atomic E-state index is 11.8. The fourth-order valence-corrected chi connectivity index (χ4v) is 2.60. The van der Waals surface area contributed by atoms with Crippen LogP contribution in [0.4, 0.5) is 0 Å². The summed E-state index contributed by atoms with van der Waals surface area (Å²) in [4.78, 5) is 20.6. The molecule has 1 aliphatic rings. The summed E-state index contributed by atoms with van der Waals surface area (Å²) >= 11 is 0. The second-order valence-corrected chi connectivity index (χ2v) is 5.34. The zero-order valence-corrected chi connectivity index (χ0v) is 12.9. The Kier molecular flexibility index (Phi) is 3.79. The van der Waals surface area contributed by atoms with Crippen LogP contribution in [0.2, 0.25) is 0 Å². The maximum atomic E-state index is 11.8. The number of esters is 1. The van der Waals surface area contributed by atoms with Gasteiger partial charge in [0.2, 0.25) is 0 Å². The van der Waals surface area contributed by atoms with Gasteiger partial charge in [0.1, 0.15) is 17.7 Å². The van der Waals surface area contributed by atoms with Crippen molar-refractivity contribution >= 4 is 5.97 Å². The third-order valence-corrected chi connectivity index (χ3v) is 3.60. The third kappa shape index (κ3) is 2.66. The van der Waals surface area contributed by atoms with E-state index in [2.05, 4.69) is 9.97 Å². The molecule has 0 bridgehead atoms. The molecule has 1 aromatic carbocycles. The number of aromatic nitrogens is 2. The number of aryl methyl sites for hydroxylation is 2. The molecule has 5 nitrogen and oxygen atoms in total. The second-order valence-electron chi connectivity index (χ2n) is 5.34. The van der Waals surface area contributed by atoms with Gasteiger partial charge >= 0.3 is 5.97 Å². The van der Waals surface area contributed by atoms with Crippen molar-refractivity contribution in [3.63, 3.8) is 0 Å². The Morgan fingerprint density at radius 3 is 2.95 bits per heavy atom. The molecule has 2 aromatic rings. The molecule has 1 aromatic heterocycles. The van der Waals surface area contributed by atoms with Crippen molar-refractivity contribution in [2.24, 2.45) is 0 Å². The lowest BCUT2D eigenvalue weighted by Gasteiger charge is -2.27. The van der Waals surface area contributed by atoms with Gasteiger partial charge in [-0.2, -0.15) is 0 Å². The van der Waals surface area contributed by atoms with Gasteiger partial charge in [-0.3, -0.25) is 4.79 Å². The van der Waals surface area contributed by atoms with E-state index in [1.807, 2.05) is 32.0 Å². The molecule has 0 amide bonds. The predicted molar refractivity (Wildman–Crippen MR) is 81.6 cm³/mol. The SMILES string of the molecule is CCOC(=O)CC1Oc2ccc(C)cc2-c2nc(C)ncc21. The van der Waals surface area contributed by atoms with Gasteiger partial charge in [-0.1, -0.05) is 11.6 Å². The van der Waals surface area contributed by atoms with E-state index in [-0.39, 0.29) is 12.4 Å². The smallest absolute Gasteiger partial charge is 0.309 e. The summed E-state index contributed by atoms with van der Waals surface area (Å²) in [6, 6.07) is 5.95. The van der Waals surface area contributed by atoms with Crippen LogP contribution in [0.15, 0.2) is 24.4 Å². The highest BCUT2D eigenvalue weighted by molar-refractivity contribution is 5.76. The van der Waals surface area contributed by atoms with Crippen molar-refractivity contribution in [3.05, 3.63) is 41.3 Å². The molecular weight excluding hydrogens is 280 g/mol. The van der Waals surface area contributed by atoms with Gasteiger partial charge in [0, 0.05) is 17.3 Å². The number of benzene rings is 1. The zero-order valence-electron chi connectivity index (χ0n) is 12.9. The van der Waals surface area contributed by atoms with Gasteiger partial charge in [-0.25, -0.2) is 9.97 Å². The average Bonchev–Trinajstić information content (AvgIpc) is 2.48. The van der Waals surface area contributed by atoms with Crippen LogP contribution in [0.3, 0.4) is 0 Å². The van der Waals surface area contributed by atoms with Gasteiger partial charge in [0.25, 0.3) is 0 Å². The highest BCUT2D eigenvalue weighted by Crippen LogP contribution is 2.42. The molecule has 1 unspecified atom stereocenters. The van der Waals surface area contributed by atoms with Gasteiger partial charge < -0.3 is 9.47 Å². The van der Waals surface area contributed by atoms with E-state index >= 15 is 0 Å². The number of carbonyl (C=O) groups is 1. The van der Waals surface area contributed by atoms with Crippen molar-refractivity contribution in [3.8, 4) is 17.0 Å². The molecule has 0 spiro atoms. The summed E-state index contributed by atoms with van der Waals surface area (Å²) in [5.74, 6) is 1.16. The number of hydrogen-bond donors (Lipinski definition) is 0. The van der Waals surface area contributed by atoms with Gasteiger partial charge in [-0.05, 0) is 32.9 Å². The lowest BCUT2D eigenvalue weighted by Crippen LogP contribution is -2.20. The number of hydrogen-bond acceptors (Lipinski definition) is 5. The van der Waals surface area contributed by atoms with E-state index in [0.29, 0.717) is 12.4 Å². The van der Waals surface area contributed by atoms with Crippen LogP contribution in [0, 0.1) is 13.8 Å². The van der Waals surface area contributed by atoms with Gasteiger partial charge in [0.15, 0.2) is 0 Å². The van der Waals surface area contributed by atoms with E-state index < -0.39 is 6.10 Å². The van der Waals surface area contributed by atoms with Crippen LogP contribution in [0.25, 0.3) is 11.3 Å². The van der Waals surface area contributed by atoms with Crippen LogP contribution in [-0.4, -0.2) is 22.5 Å². The third-order valence-electron chi connectivity index (χ3n) is 3.60. The van der Waals surface area contributed by atoms with Crippen molar-refractivity contribution in [2.45, 2.75) is 33.3 Å². The first kappa shape index (κ1) is 14.5. The minimum atomic E-state index is -0.412. The number of carbonyl (C=O) groups excluding carboxylic acids is 1. The number of fused-ring (bicyclic) bond motifs is 3. The molecule has 22 heavy (non-hydrogen) atoms. The Labute approximate surface area is 129 Å². The highest BCUT2D eigenvalue weighted by atomic mass is 16.5. The topological polar surface area (TPSA) is 61.3 Å². The zero-order chi connectivity index (χ0) is 15.7. The Hall–Kier alpha value is -2.43. The van der Waals surface area contributed by atoms with E-state index in [0.717, 1.165) is 28.1 Å². The number of ether oxygens (including phenoxy) is 2. The summed E-state index contributed by atoms with van der Waals surface area (Å²) in [6.45, 7) is 6.03. The molecule has 114 valence electrons. The van der Waals surface area contributed by atoms with E-state index in [1.165, 1.54) is 0 Å². The lowest BCUT2D eigenvalue weighted by atomic mass is 9.96. The summed E-state index contributed by atoms with van der Waals surface area (Å²) in [5.41, 5.74) is 3.75. The predicted octanol–water partition coefficient (Wildman–Crippen LogP) is 3.15. The molecule has 0 saturated carbocycles. The van der Waals surface area contributed by atoms with Crippen molar-refractivity contribution < 1.29 is 14.3 Å². The first-order chi connectivity index (χ1) is 10.6. The lowest BCUT2D eigenvalue weighted by molar-refractivity contribution is -0.145. The molecule has 1 atom stereocenters. The average molecular weight is 298 g/mol. The summed E-state index contributed by atoms with van der Waals surface area (Å²) < 4.78 is 11.0. The summed E-state index contributed by atoms with van der Waals surface area (Å²) in [5, 5.41) is 0. The largest absolute Gasteiger partial charge is 0.484 e.